The molecule has 2 aromatic rings. The maximum Gasteiger partial charge on any atom is 0.310 e. The number of thiophene rings is 1. The Morgan fingerprint density at radius 2 is 2.03 bits per heavy atom. The van der Waals surface area contributed by atoms with Crippen molar-refractivity contribution in [2.75, 3.05) is 38.0 Å². The number of nitrogens with zero attached hydrogens (tertiary/aromatic N) is 3. The zero-order chi connectivity index (χ0) is 20.8. The molecule has 8 heteroatoms. The Hall–Kier alpha value is -1.90. The molecule has 0 saturated carbocycles. The van der Waals surface area contributed by atoms with E-state index in [9.17, 15) is 9.90 Å². The van der Waals surface area contributed by atoms with Crippen LogP contribution in [0.15, 0.2) is 33.0 Å². The molecule has 154 valence electrons. The van der Waals surface area contributed by atoms with E-state index in [2.05, 4.69) is 49.4 Å². The van der Waals surface area contributed by atoms with E-state index in [1.165, 1.54) is 11.1 Å². The third-order valence-electron chi connectivity index (χ3n) is 5.50. The number of carboxylic acid groups (broad SMARTS) is 1. The fourth-order valence-corrected chi connectivity index (χ4v) is 5.08. The highest BCUT2D eigenvalue weighted by Gasteiger charge is 2.32. The van der Waals surface area contributed by atoms with Crippen LogP contribution >= 0.6 is 27.3 Å². The van der Waals surface area contributed by atoms with Gasteiger partial charge in [-0.1, -0.05) is 15.9 Å². The van der Waals surface area contributed by atoms with Crippen LogP contribution in [0.1, 0.15) is 25.0 Å². The topological polar surface area (TPSA) is 68.2 Å². The number of nitrogens with one attached hydrogen (secondary N) is 1. The lowest BCUT2D eigenvalue weighted by Crippen LogP contribution is -2.52. The van der Waals surface area contributed by atoms with Gasteiger partial charge in [0.1, 0.15) is 10.8 Å². The van der Waals surface area contributed by atoms with Gasteiger partial charge in [-0.3, -0.25) is 9.69 Å². The van der Waals surface area contributed by atoms with Gasteiger partial charge in [-0.25, -0.2) is 4.99 Å². The average Bonchev–Trinajstić information content (AvgIpc) is 2.93. The number of aryl methyl sites for hydroxylation is 1. The summed E-state index contributed by atoms with van der Waals surface area (Å²) >= 11 is 5.26. The monoisotopic (exact) mass is 476 g/mol. The van der Waals surface area contributed by atoms with Crippen LogP contribution in [0.2, 0.25) is 0 Å². The molecule has 0 spiro atoms. The number of rotatable bonds is 3. The van der Waals surface area contributed by atoms with Gasteiger partial charge in [0.05, 0.1) is 22.4 Å². The van der Waals surface area contributed by atoms with Gasteiger partial charge < -0.3 is 15.3 Å². The van der Waals surface area contributed by atoms with Crippen molar-refractivity contribution in [3.8, 4) is 0 Å². The lowest BCUT2D eigenvalue weighted by Gasteiger charge is -2.39. The van der Waals surface area contributed by atoms with Crippen LogP contribution in [0.4, 0.5) is 16.4 Å². The Bertz CT molecular complexity index is 977. The van der Waals surface area contributed by atoms with Gasteiger partial charge in [-0.05, 0) is 49.9 Å². The van der Waals surface area contributed by atoms with Gasteiger partial charge in [0.2, 0.25) is 0 Å². The first kappa shape index (κ1) is 20.4. The summed E-state index contributed by atoms with van der Waals surface area (Å²) in [6, 6.07) is 6.12. The van der Waals surface area contributed by atoms with Crippen LogP contribution in [0.5, 0.6) is 0 Å². The van der Waals surface area contributed by atoms with Gasteiger partial charge in [0.25, 0.3) is 0 Å². The summed E-state index contributed by atoms with van der Waals surface area (Å²) in [5.74, 6) is 0.250. The lowest BCUT2D eigenvalue weighted by atomic mass is 9.93. The number of piperazine rings is 1. The van der Waals surface area contributed by atoms with E-state index in [0.717, 1.165) is 52.9 Å². The molecule has 1 saturated heterocycles. The zero-order valence-electron chi connectivity index (χ0n) is 16.8. The van der Waals surface area contributed by atoms with Gasteiger partial charge in [0.15, 0.2) is 0 Å². The summed E-state index contributed by atoms with van der Waals surface area (Å²) in [6.07, 6.45) is 0. The van der Waals surface area contributed by atoms with Crippen molar-refractivity contribution in [1.29, 1.82) is 0 Å². The van der Waals surface area contributed by atoms with Crippen molar-refractivity contribution in [3.63, 3.8) is 0 Å². The highest BCUT2D eigenvalue weighted by atomic mass is 79.9. The summed E-state index contributed by atoms with van der Waals surface area (Å²) in [5, 5.41) is 16.3. The molecule has 6 nitrogen and oxygen atoms in total. The fraction of sp³-hybridized carbons (Fsp3) is 0.429. The number of aliphatic imine (C=N–C) groups is 1. The lowest BCUT2D eigenvalue weighted by molar-refractivity contribution is -0.148. The van der Waals surface area contributed by atoms with Crippen LogP contribution < -0.4 is 5.32 Å². The molecule has 0 radical (unpaired) electrons. The van der Waals surface area contributed by atoms with Crippen LogP contribution in [0.3, 0.4) is 0 Å². The largest absolute Gasteiger partial charge is 0.481 e. The van der Waals surface area contributed by atoms with Crippen molar-refractivity contribution in [1.82, 2.24) is 9.80 Å². The number of carboxylic acids is 1. The van der Waals surface area contributed by atoms with Crippen LogP contribution in [-0.2, 0) is 4.79 Å². The third-order valence-corrected chi connectivity index (χ3v) is 7.01. The minimum absolute atomic E-state index is 0.558. The fourth-order valence-electron chi connectivity index (χ4n) is 3.78. The van der Waals surface area contributed by atoms with E-state index in [1.807, 2.05) is 12.1 Å². The number of fused-ring (bicyclic) bond motifs is 2. The number of benzene rings is 1. The van der Waals surface area contributed by atoms with E-state index in [-0.39, 0.29) is 0 Å². The predicted octanol–water partition coefficient (Wildman–Crippen LogP) is 4.68. The molecule has 3 heterocycles. The van der Waals surface area contributed by atoms with Gasteiger partial charge in [-0.15, -0.1) is 11.3 Å². The van der Waals surface area contributed by atoms with E-state index in [1.54, 1.807) is 25.2 Å². The van der Waals surface area contributed by atoms with E-state index in [0.29, 0.717) is 6.54 Å². The molecule has 0 amide bonds. The summed E-state index contributed by atoms with van der Waals surface area (Å²) < 4.78 is 1.00. The summed E-state index contributed by atoms with van der Waals surface area (Å²) in [6.45, 7) is 9.57. The molecule has 29 heavy (non-hydrogen) atoms. The van der Waals surface area contributed by atoms with Crippen molar-refractivity contribution >= 4 is 55.4 Å². The third kappa shape index (κ3) is 4.06. The standard InChI is InChI=1S/C21H25BrN4O2S/c1-13-11-29-19-17(13)18(23-16-10-14(22)4-5-15(16)24-19)26-8-6-25(7-9-26)12-21(2,3)20(27)28/h4-5,10-11,24H,6-9,12H2,1-3H3,(H,27,28). The van der Waals surface area contributed by atoms with Gasteiger partial charge >= 0.3 is 5.97 Å². The highest BCUT2D eigenvalue weighted by Crippen LogP contribution is 2.40. The second kappa shape index (κ2) is 7.74. The first-order valence-electron chi connectivity index (χ1n) is 9.69. The van der Waals surface area contributed by atoms with E-state index >= 15 is 0 Å². The molecule has 1 aromatic carbocycles. The molecular formula is C21H25BrN4O2S. The molecule has 4 rings (SSSR count). The summed E-state index contributed by atoms with van der Waals surface area (Å²) in [5.41, 5.74) is 3.58. The molecule has 0 atom stereocenters. The molecule has 2 aliphatic rings. The first-order chi connectivity index (χ1) is 13.7. The number of carbonyl (C=O) groups is 1. The predicted molar refractivity (Wildman–Crippen MR) is 122 cm³/mol. The highest BCUT2D eigenvalue weighted by molar-refractivity contribution is 9.10. The van der Waals surface area contributed by atoms with Crippen LogP contribution in [-0.4, -0.2) is 59.4 Å². The van der Waals surface area contributed by atoms with Crippen LogP contribution in [0, 0.1) is 12.3 Å². The molecule has 2 N–H and O–H groups in total. The molecule has 1 fully saturated rings. The molecule has 0 aliphatic carbocycles. The SMILES string of the molecule is Cc1csc2c1C(N1CCN(CC(C)(C)C(=O)O)CC1)=Nc1cc(Br)ccc1N2. The Kier molecular flexibility index (Phi) is 5.44. The number of hydrogen-bond acceptors (Lipinski definition) is 6. The number of anilines is 2. The number of halogens is 1. The van der Waals surface area contributed by atoms with Crippen LogP contribution in [0.25, 0.3) is 0 Å². The van der Waals surface area contributed by atoms with Crippen molar-refractivity contribution in [2.24, 2.45) is 10.4 Å². The first-order valence-corrected chi connectivity index (χ1v) is 11.4. The second-order valence-corrected chi connectivity index (χ2v) is 10.1. The smallest absolute Gasteiger partial charge is 0.310 e. The van der Waals surface area contributed by atoms with Crippen molar-refractivity contribution < 1.29 is 9.90 Å². The molecule has 0 unspecified atom stereocenters. The zero-order valence-corrected chi connectivity index (χ0v) is 19.2. The summed E-state index contributed by atoms with van der Waals surface area (Å²) in [4.78, 5) is 21.1. The number of hydrogen-bond donors (Lipinski definition) is 2. The van der Waals surface area contributed by atoms with Gasteiger partial charge in [-0.2, -0.15) is 0 Å². The summed E-state index contributed by atoms with van der Waals surface area (Å²) in [7, 11) is 0. The number of amidine groups is 1. The van der Waals surface area contributed by atoms with Gasteiger partial charge in [0, 0.05) is 37.2 Å². The molecule has 1 aromatic heterocycles. The normalized spacial score (nSPS) is 17.1. The Balaban J connectivity index is 1.60. The average molecular weight is 477 g/mol. The number of aliphatic carboxylic acids is 1. The molecule has 2 aliphatic heterocycles. The molecule has 0 bridgehead atoms. The Labute approximate surface area is 183 Å². The van der Waals surface area contributed by atoms with E-state index in [4.69, 9.17) is 4.99 Å². The maximum atomic E-state index is 11.5. The van der Waals surface area contributed by atoms with Crippen molar-refractivity contribution in [2.45, 2.75) is 20.8 Å². The minimum Gasteiger partial charge on any atom is -0.481 e. The quantitative estimate of drug-likeness (QED) is 0.672. The maximum absolute atomic E-state index is 11.5. The minimum atomic E-state index is -0.750. The van der Waals surface area contributed by atoms with E-state index < -0.39 is 11.4 Å². The Morgan fingerprint density at radius 3 is 2.72 bits per heavy atom. The molecular weight excluding hydrogens is 452 g/mol. The second-order valence-electron chi connectivity index (χ2n) is 8.30. The van der Waals surface area contributed by atoms with Crippen molar-refractivity contribution in [3.05, 3.63) is 39.2 Å². The Morgan fingerprint density at radius 1 is 1.31 bits per heavy atom.